The molecule has 2 heterocycles. The molecule has 0 aliphatic carbocycles. The number of benzene rings is 2. The number of para-hydroxylation sites is 1. The lowest BCUT2D eigenvalue weighted by Crippen LogP contribution is -2.12. The second-order valence-electron chi connectivity index (χ2n) is 5.54. The van der Waals surface area contributed by atoms with Crippen molar-refractivity contribution in [2.75, 3.05) is 6.54 Å². The van der Waals surface area contributed by atoms with E-state index in [1.807, 2.05) is 54.6 Å². The summed E-state index contributed by atoms with van der Waals surface area (Å²) in [6, 6.07) is 17.6. The molecule has 24 heavy (non-hydrogen) atoms. The van der Waals surface area contributed by atoms with E-state index in [2.05, 4.69) is 15.5 Å². The minimum absolute atomic E-state index is 0. The smallest absolute Gasteiger partial charge is 0.244 e. The fourth-order valence-corrected chi connectivity index (χ4v) is 2.69. The Hall–Kier alpha value is -2.37. The van der Waals surface area contributed by atoms with Crippen LogP contribution in [0.25, 0.3) is 11.4 Å². The first kappa shape index (κ1) is 16.5. The minimum Gasteiger partial charge on any atom is -0.457 e. The number of aromatic nitrogens is 2. The predicted octanol–water partition coefficient (Wildman–Crippen LogP) is 4.38. The van der Waals surface area contributed by atoms with E-state index < -0.39 is 0 Å². The van der Waals surface area contributed by atoms with Crippen molar-refractivity contribution in [1.29, 1.82) is 0 Å². The fourth-order valence-electron chi connectivity index (χ4n) is 2.69. The zero-order valence-corrected chi connectivity index (χ0v) is 13.8. The number of hydrogen-bond acceptors (Lipinski definition) is 5. The van der Waals surface area contributed by atoms with Crippen molar-refractivity contribution in [3.63, 3.8) is 0 Å². The van der Waals surface area contributed by atoms with Gasteiger partial charge in [0.1, 0.15) is 11.5 Å². The summed E-state index contributed by atoms with van der Waals surface area (Å²) in [5.74, 6) is 2.87. The van der Waals surface area contributed by atoms with Crippen LogP contribution in [0.15, 0.2) is 59.1 Å². The summed E-state index contributed by atoms with van der Waals surface area (Å²) in [5.41, 5.74) is 0.915. The summed E-state index contributed by atoms with van der Waals surface area (Å²) < 4.78 is 11.2. The third kappa shape index (κ3) is 3.58. The summed E-state index contributed by atoms with van der Waals surface area (Å²) in [5, 5.41) is 7.44. The second kappa shape index (κ2) is 7.47. The van der Waals surface area contributed by atoms with Gasteiger partial charge in [-0.2, -0.15) is 4.98 Å². The Morgan fingerprint density at radius 3 is 2.46 bits per heavy atom. The molecule has 124 valence electrons. The van der Waals surface area contributed by atoms with Crippen LogP contribution in [-0.4, -0.2) is 16.7 Å². The summed E-state index contributed by atoms with van der Waals surface area (Å²) >= 11 is 0. The summed E-state index contributed by atoms with van der Waals surface area (Å²) in [7, 11) is 0. The number of rotatable bonds is 4. The molecule has 1 atom stereocenters. The van der Waals surface area contributed by atoms with Crippen molar-refractivity contribution in [1.82, 2.24) is 15.5 Å². The van der Waals surface area contributed by atoms with E-state index in [0.29, 0.717) is 11.7 Å². The highest BCUT2D eigenvalue weighted by molar-refractivity contribution is 5.85. The lowest BCUT2D eigenvalue weighted by molar-refractivity contribution is 0.345. The zero-order chi connectivity index (χ0) is 15.5. The van der Waals surface area contributed by atoms with Crippen LogP contribution >= 0.6 is 12.4 Å². The topological polar surface area (TPSA) is 60.2 Å². The average molecular weight is 344 g/mol. The standard InChI is InChI=1S/C18H17N3O2.ClH/c1-2-5-14(6-3-1)22-15-10-8-13(9-11-15)17-20-18(23-21-17)16-7-4-12-19-16;/h1-3,5-6,8-11,16,19H,4,7,12H2;1H. The molecule has 0 spiro atoms. The quantitative estimate of drug-likeness (QED) is 0.762. The van der Waals surface area contributed by atoms with E-state index in [1.54, 1.807) is 0 Å². The molecule has 1 aliphatic heterocycles. The Morgan fingerprint density at radius 2 is 1.75 bits per heavy atom. The van der Waals surface area contributed by atoms with E-state index in [0.717, 1.165) is 36.4 Å². The predicted molar refractivity (Wildman–Crippen MR) is 93.5 cm³/mol. The molecule has 1 N–H and O–H groups in total. The van der Waals surface area contributed by atoms with Crippen molar-refractivity contribution in [3.05, 3.63) is 60.5 Å². The van der Waals surface area contributed by atoms with E-state index in [4.69, 9.17) is 9.26 Å². The first-order chi connectivity index (χ1) is 11.4. The molecule has 0 amide bonds. The summed E-state index contributed by atoms with van der Waals surface area (Å²) in [6.45, 7) is 1.01. The Labute approximate surface area is 146 Å². The van der Waals surface area contributed by atoms with Gasteiger partial charge >= 0.3 is 0 Å². The summed E-state index contributed by atoms with van der Waals surface area (Å²) in [4.78, 5) is 4.50. The van der Waals surface area contributed by atoms with Gasteiger partial charge in [0.2, 0.25) is 11.7 Å². The number of ether oxygens (including phenoxy) is 1. The van der Waals surface area contributed by atoms with Crippen LogP contribution in [0, 0.1) is 0 Å². The maximum absolute atomic E-state index is 5.78. The van der Waals surface area contributed by atoms with Gasteiger partial charge < -0.3 is 14.6 Å². The van der Waals surface area contributed by atoms with Gasteiger partial charge in [-0.25, -0.2) is 0 Å². The van der Waals surface area contributed by atoms with Crippen molar-refractivity contribution in [2.45, 2.75) is 18.9 Å². The van der Waals surface area contributed by atoms with Gasteiger partial charge in [-0.3, -0.25) is 0 Å². The van der Waals surface area contributed by atoms with Gasteiger partial charge in [0, 0.05) is 5.56 Å². The molecule has 1 unspecified atom stereocenters. The van der Waals surface area contributed by atoms with E-state index in [-0.39, 0.29) is 18.4 Å². The van der Waals surface area contributed by atoms with Crippen LogP contribution < -0.4 is 10.1 Å². The summed E-state index contributed by atoms with van der Waals surface area (Å²) in [6.07, 6.45) is 2.19. The Kier molecular flexibility index (Phi) is 5.13. The molecule has 1 aliphatic rings. The number of nitrogens with zero attached hydrogens (tertiary/aromatic N) is 2. The zero-order valence-electron chi connectivity index (χ0n) is 13.0. The monoisotopic (exact) mass is 343 g/mol. The Balaban J connectivity index is 0.00000169. The fraction of sp³-hybridized carbons (Fsp3) is 0.222. The Morgan fingerprint density at radius 1 is 1.00 bits per heavy atom. The van der Waals surface area contributed by atoms with E-state index >= 15 is 0 Å². The van der Waals surface area contributed by atoms with Crippen LogP contribution in [0.4, 0.5) is 0 Å². The number of hydrogen-bond donors (Lipinski definition) is 1. The SMILES string of the molecule is Cl.c1ccc(Oc2ccc(-c3noc(C4CCCN4)n3)cc2)cc1. The molecule has 1 aromatic heterocycles. The van der Waals surface area contributed by atoms with Crippen molar-refractivity contribution >= 4 is 12.4 Å². The number of nitrogens with one attached hydrogen (secondary N) is 1. The van der Waals surface area contributed by atoms with Gasteiger partial charge in [-0.15, -0.1) is 12.4 Å². The van der Waals surface area contributed by atoms with Gasteiger partial charge in [0.25, 0.3) is 0 Å². The molecule has 5 nitrogen and oxygen atoms in total. The first-order valence-corrected chi connectivity index (χ1v) is 7.79. The van der Waals surface area contributed by atoms with Crippen LogP contribution in [0.3, 0.4) is 0 Å². The van der Waals surface area contributed by atoms with Crippen LogP contribution in [0.2, 0.25) is 0 Å². The van der Waals surface area contributed by atoms with Gasteiger partial charge in [0.15, 0.2) is 0 Å². The third-order valence-corrected chi connectivity index (χ3v) is 3.89. The van der Waals surface area contributed by atoms with Crippen LogP contribution in [0.1, 0.15) is 24.8 Å². The first-order valence-electron chi connectivity index (χ1n) is 7.79. The van der Waals surface area contributed by atoms with Crippen LogP contribution in [-0.2, 0) is 0 Å². The molecule has 0 radical (unpaired) electrons. The van der Waals surface area contributed by atoms with Gasteiger partial charge in [-0.1, -0.05) is 23.4 Å². The minimum atomic E-state index is 0. The highest BCUT2D eigenvalue weighted by Gasteiger charge is 2.22. The largest absolute Gasteiger partial charge is 0.457 e. The van der Waals surface area contributed by atoms with Crippen molar-refractivity contribution in [3.8, 4) is 22.9 Å². The normalized spacial score (nSPS) is 16.6. The molecule has 0 bridgehead atoms. The Bertz CT molecular complexity index is 768. The maximum Gasteiger partial charge on any atom is 0.244 e. The molecule has 6 heteroatoms. The molecular weight excluding hydrogens is 326 g/mol. The van der Waals surface area contributed by atoms with Crippen LogP contribution in [0.5, 0.6) is 11.5 Å². The molecular formula is C18H18ClN3O2. The molecule has 1 saturated heterocycles. The van der Waals surface area contributed by atoms with E-state index in [1.165, 1.54) is 0 Å². The lowest BCUT2D eigenvalue weighted by atomic mass is 10.2. The maximum atomic E-state index is 5.78. The number of halogens is 1. The second-order valence-corrected chi connectivity index (χ2v) is 5.54. The van der Waals surface area contributed by atoms with Gasteiger partial charge in [-0.05, 0) is 55.8 Å². The molecule has 1 fully saturated rings. The van der Waals surface area contributed by atoms with Crippen molar-refractivity contribution < 1.29 is 9.26 Å². The third-order valence-electron chi connectivity index (χ3n) is 3.89. The highest BCUT2D eigenvalue weighted by atomic mass is 35.5. The lowest BCUT2D eigenvalue weighted by Gasteiger charge is -2.05. The van der Waals surface area contributed by atoms with Crippen molar-refractivity contribution in [2.24, 2.45) is 0 Å². The average Bonchev–Trinajstić information content (AvgIpc) is 3.28. The molecule has 2 aromatic carbocycles. The van der Waals surface area contributed by atoms with Gasteiger partial charge in [0.05, 0.1) is 6.04 Å². The molecule has 4 rings (SSSR count). The molecule has 0 saturated carbocycles. The molecule has 3 aromatic rings. The van der Waals surface area contributed by atoms with E-state index in [9.17, 15) is 0 Å². The highest BCUT2D eigenvalue weighted by Crippen LogP contribution is 2.26.